The number of phenols is 1. The molecule has 8 rings (SSSR count). The van der Waals surface area contributed by atoms with Gasteiger partial charge in [0.15, 0.2) is 0 Å². The zero-order valence-electron chi connectivity index (χ0n) is 32.1. The van der Waals surface area contributed by atoms with Crippen LogP contribution in [0.15, 0.2) is 60.7 Å². The number of piperazine rings is 1. The van der Waals surface area contributed by atoms with Gasteiger partial charge in [-0.3, -0.25) is 24.6 Å². The molecular formula is C45H57N5O4. The van der Waals surface area contributed by atoms with Gasteiger partial charge in [-0.25, -0.2) is 0 Å². The van der Waals surface area contributed by atoms with Crippen LogP contribution >= 0.6 is 0 Å². The van der Waals surface area contributed by atoms with Crippen molar-refractivity contribution in [2.24, 2.45) is 17.8 Å². The van der Waals surface area contributed by atoms with Gasteiger partial charge in [0.05, 0.1) is 0 Å². The summed E-state index contributed by atoms with van der Waals surface area (Å²) in [6.45, 7) is 12.4. The first-order chi connectivity index (χ1) is 26.3. The second kappa shape index (κ2) is 15.8. The van der Waals surface area contributed by atoms with Gasteiger partial charge in [-0.05, 0) is 121 Å². The molecule has 0 saturated carbocycles. The average Bonchev–Trinajstić information content (AvgIpc) is 3.52. The van der Waals surface area contributed by atoms with Crippen LogP contribution in [0.5, 0.6) is 5.75 Å². The number of phenolic OH excluding ortho intramolecular Hbond substituents is 1. The monoisotopic (exact) mass is 731 g/mol. The molecule has 0 bridgehead atoms. The highest BCUT2D eigenvalue weighted by Gasteiger charge is 2.39. The molecule has 54 heavy (non-hydrogen) atoms. The maximum atomic E-state index is 13.2. The number of hydrogen-bond donors (Lipinski definition) is 2. The number of hydrogen-bond acceptors (Lipinski definition) is 7. The second-order valence-corrected chi connectivity index (χ2v) is 16.6. The predicted molar refractivity (Wildman–Crippen MR) is 213 cm³/mol. The largest absolute Gasteiger partial charge is 0.508 e. The van der Waals surface area contributed by atoms with Crippen LogP contribution in [-0.4, -0.2) is 84.5 Å². The fourth-order valence-corrected chi connectivity index (χ4v) is 10.2. The molecular weight excluding hydrogens is 675 g/mol. The molecule has 3 fully saturated rings. The van der Waals surface area contributed by atoms with Gasteiger partial charge in [0.1, 0.15) is 11.8 Å². The van der Waals surface area contributed by atoms with Crippen molar-refractivity contribution in [2.75, 3.05) is 55.6 Å². The Morgan fingerprint density at radius 3 is 2.20 bits per heavy atom. The molecule has 9 heteroatoms. The van der Waals surface area contributed by atoms with Gasteiger partial charge in [-0.1, -0.05) is 44.9 Å². The van der Waals surface area contributed by atoms with Crippen LogP contribution in [0.2, 0.25) is 0 Å². The van der Waals surface area contributed by atoms with Crippen molar-refractivity contribution in [1.82, 2.24) is 15.1 Å². The first-order valence-electron chi connectivity index (χ1n) is 20.7. The number of aryl methyl sites for hydroxylation is 1. The molecule has 0 spiro atoms. The Morgan fingerprint density at radius 1 is 0.759 bits per heavy atom. The third-order valence-electron chi connectivity index (χ3n) is 13.5. The molecule has 0 unspecified atom stereocenters. The topological polar surface area (TPSA) is 96.4 Å². The Morgan fingerprint density at radius 2 is 1.48 bits per heavy atom. The summed E-state index contributed by atoms with van der Waals surface area (Å²) in [6.07, 6.45) is 9.06. The summed E-state index contributed by atoms with van der Waals surface area (Å²) in [6, 6.07) is 21.1. The van der Waals surface area contributed by atoms with E-state index in [4.69, 9.17) is 0 Å². The van der Waals surface area contributed by atoms with Crippen LogP contribution in [0, 0.1) is 17.8 Å². The van der Waals surface area contributed by atoms with E-state index in [9.17, 15) is 19.5 Å². The van der Waals surface area contributed by atoms with Gasteiger partial charge < -0.3 is 19.8 Å². The van der Waals surface area contributed by atoms with Crippen LogP contribution in [0.25, 0.3) is 0 Å². The summed E-state index contributed by atoms with van der Waals surface area (Å²) in [4.78, 5) is 46.5. The Hall–Kier alpha value is -4.37. The summed E-state index contributed by atoms with van der Waals surface area (Å²) < 4.78 is 0. The Kier molecular flexibility index (Phi) is 10.7. The highest BCUT2D eigenvalue weighted by Crippen LogP contribution is 2.45. The lowest BCUT2D eigenvalue weighted by atomic mass is 9.68. The van der Waals surface area contributed by atoms with Gasteiger partial charge in [-0.2, -0.15) is 0 Å². The molecule has 4 aliphatic heterocycles. The molecule has 9 nitrogen and oxygen atoms in total. The summed E-state index contributed by atoms with van der Waals surface area (Å²) in [5.74, 6) is 2.12. The maximum Gasteiger partial charge on any atom is 0.255 e. The van der Waals surface area contributed by atoms with Crippen molar-refractivity contribution >= 4 is 29.1 Å². The number of benzene rings is 3. The Balaban J connectivity index is 0.830. The summed E-state index contributed by atoms with van der Waals surface area (Å²) in [5.41, 5.74) is 8.24. The molecule has 1 aliphatic carbocycles. The number of amides is 3. The standard InChI is InChI=1S/C45H57N5O4/c1-3-30(4-2)25-34-6-5-33-27-38(51)12-14-39(33)43(34)32-7-9-36(10-8-32)48-19-17-31(18-20-48)28-47-21-23-49(24-22-47)37-11-13-40-35(26-37)29-50(45(40)54)41-15-16-42(52)46-44(41)53/h7-14,26-27,30-31,34,41,43,51H,3-6,15-25,28-29H2,1-2H3,(H,46,52,53)/t34-,41+,43+/m1/s1. The highest BCUT2D eigenvalue weighted by atomic mass is 16.3. The number of rotatable bonds is 10. The average molecular weight is 732 g/mol. The zero-order valence-corrected chi connectivity index (χ0v) is 32.1. The quantitative estimate of drug-likeness (QED) is 0.224. The number of anilines is 2. The number of piperidine rings is 2. The van der Waals surface area contributed by atoms with E-state index in [1.807, 2.05) is 18.2 Å². The van der Waals surface area contributed by atoms with Crippen molar-refractivity contribution in [2.45, 2.75) is 90.1 Å². The van der Waals surface area contributed by atoms with E-state index in [1.165, 1.54) is 60.9 Å². The minimum absolute atomic E-state index is 0.117. The number of fused-ring (bicyclic) bond motifs is 2. The highest BCUT2D eigenvalue weighted by molar-refractivity contribution is 6.05. The molecule has 0 radical (unpaired) electrons. The number of aromatic hydroxyl groups is 1. The third kappa shape index (κ3) is 7.48. The fraction of sp³-hybridized carbons (Fsp3) is 0.533. The predicted octanol–water partition coefficient (Wildman–Crippen LogP) is 6.71. The summed E-state index contributed by atoms with van der Waals surface area (Å²) in [7, 11) is 0. The summed E-state index contributed by atoms with van der Waals surface area (Å²) >= 11 is 0. The number of nitrogens with one attached hydrogen (secondary N) is 1. The fourth-order valence-electron chi connectivity index (χ4n) is 10.2. The van der Waals surface area contributed by atoms with E-state index in [2.05, 4.69) is 76.3 Å². The van der Waals surface area contributed by atoms with Crippen LogP contribution < -0.4 is 15.1 Å². The Labute approximate surface area is 320 Å². The third-order valence-corrected chi connectivity index (χ3v) is 13.5. The molecule has 4 heterocycles. The molecule has 286 valence electrons. The molecule has 0 aromatic heterocycles. The van der Waals surface area contributed by atoms with Crippen LogP contribution in [0.3, 0.4) is 0 Å². The molecule has 3 atom stereocenters. The molecule has 3 saturated heterocycles. The first kappa shape index (κ1) is 36.6. The second-order valence-electron chi connectivity index (χ2n) is 16.6. The van der Waals surface area contributed by atoms with Crippen LogP contribution in [-0.2, 0) is 22.6 Å². The van der Waals surface area contributed by atoms with E-state index in [0.717, 1.165) is 69.4 Å². The molecule has 5 aliphatic rings. The smallest absolute Gasteiger partial charge is 0.255 e. The minimum atomic E-state index is -0.582. The molecule has 3 aromatic carbocycles. The normalized spacial score (nSPS) is 23.9. The summed E-state index contributed by atoms with van der Waals surface area (Å²) in [5, 5.41) is 12.6. The lowest BCUT2D eigenvalue weighted by Crippen LogP contribution is -2.52. The van der Waals surface area contributed by atoms with E-state index in [1.54, 1.807) is 4.90 Å². The maximum absolute atomic E-state index is 13.2. The number of imide groups is 1. The lowest BCUT2D eigenvalue weighted by molar-refractivity contribution is -0.136. The number of carbonyl (C=O) groups excluding carboxylic acids is 3. The van der Waals surface area contributed by atoms with Crippen LogP contribution in [0.4, 0.5) is 11.4 Å². The van der Waals surface area contributed by atoms with E-state index in [-0.39, 0.29) is 24.1 Å². The van der Waals surface area contributed by atoms with Gasteiger partial charge >= 0.3 is 0 Å². The number of nitrogens with zero attached hydrogens (tertiary/aromatic N) is 4. The van der Waals surface area contributed by atoms with Gasteiger partial charge in [0.25, 0.3) is 5.91 Å². The van der Waals surface area contributed by atoms with E-state index < -0.39 is 6.04 Å². The van der Waals surface area contributed by atoms with E-state index in [0.29, 0.717) is 42.0 Å². The molecule has 2 N–H and O–H groups in total. The Bertz CT molecular complexity index is 1840. The van der Waals surface area contributed by atoms with Gasteiger partial charge in [0.2, 0.25) is 11.8 Å². The van der Waals surface area contributed by atoms with Crippen molar-refractivity contribution < 1.29 is 19.5 Å². The van der Waals surface area contributed by atoms with E-state index >= 15 is 0 Å². The number of carbonyl (C=O) groups is 3. The van der Waals surface area contributed by atoms with Crippen molar-refractivity contribution in [3.8, 4) is 5.75 Å². The lowest BCUT2D eigenvalue weighted by Gasteiger charge is -2.40. The zero-order chi connectivity index (χ0) is 37.3. The SMILES string of the molecule is CCC(CC)C[C@H]1CCc2cc(O)ccc2[C@H]1c1ccc(N2CCC(CN3CCN(c4ccc5c(c4)CN([C@H]4CCC(=O)NC4=O)C5=O)CC3)CC2)cc1. The van der Waals surface area contributed by atoms with Crippen molar-refractivity contribution in [3.63, 3.8) is 0 Å². The van der Waals surface area contributed by atoms with Gasteiger partial charge in [0, 0.05) is 81.6 Å². The molecule has 3 amide bonds. The minimum Gasteiger partial charge on any atom is -0.508 e. The van der Waals surface area contributed by atoms with Crippen molar-refractivity contribution in [3.05, 3.63) is 88.5 Å². The van der Waals surface area contributed by atoms with Crippen LogP contribution in [0.1, 0.15) is 104 Å². The van der Waals surface area contributed by atoms with Gasteiger partial charge in [-0.15, -0.1) is 0 Å². The van der Waals surface area contributed by atoms with Crippen molar-refractivity contribution in [1.29, 1.82) is 0 Å². The molecule has 3 aromatic rings. The first-order valence-corrected chi connectivity index (χ1v) is 20.7.